The second kappa shape index (κ2) is 7.80. The smallest absolute Gasteiger partial charge is 0.416 e. The molecule has 11 heteroatoms. The minimum absolute atomic E-state index is 0.111. The fourth-order valence-corrected chi connectivity index (χ4v) is 2.52. The number of nitro benzene ring substituents is 1. The average Bonchev–Trinajstić information content (AvgIpc) is 2.55. The van der Waals surface area contributed by atoms with Gasteiger partial charge in [-0.2, -0.15) is 13.2 Å². The van der Waals surface area contributed by atoms with Crippen LogP contribution in [0.2, 0.25) is 5.02 Å². The first-order valence-electron chi connectivity index (χ1n) is 7.24. The fourth-order valence-electron chi connectivity index (χ4n) is 2.30. The Balaban J connectivity index is 2.50. The first kappa shape index (κ1) is 20.5. The molecule has 0 heterocycles. The number of ether oxygens (including phenoxy) is 1. The van der Waals surface area contributed by atoms with Gasteiger partial charge in [0.05, 0.1) is 15.5 Å². The number of carboxylic acid groups (broad SMARTS) is 1. The number of aliphatic hydroxyl groups excluding tert-OH is 1. The third-order valence-corrected chi connectivity index (χ3v) is 3.74. The van der Waals surface area contributed by atoms with Crippen LogP contribution in [0.1, 0.15) is 21.5 Å². The molecule has 0 fully saturated rings. The quantitative estimate of drug-likeness (QED) is 0.548. The van der Waals surface area contributed by atoms with Gasteiger partial charge in [0, 0.05) is 24.7 Å². The van der Waals surface area contributed by atoms with Crippen molar-refractivity contribution in [2.75, 3.05) is 6.61 Å². The zero-order valence-electron chi connectivity index (χ0n) is 13.3. The summed E-state index contributed by atoms with van der Waals surface area (Å²) in [6.07, 6.45) is -4.84. The van der Waals surface area contributed by atoms with Crippen LogP contribution in [-0.2, 0) is 12.6 Å². The summed E-state index contributed by atoms with van der Waals surface area (Å²) in [4.78, 5) is 21.6. The van der Waals surface area contributed by atoms with Crippen LogP contribution < -0.4 is 4.74 Å². The number of aromatic carboxylic acids is 1. The first-order chi connectivity index (χ1) is 12.5. The van der Waals surface area contributed by atoms with E-state index in [4.69, 9.17) is 21.4 Å². The van der Waals surface area contributed by atoms with Crippen LogP contribution in [0.25, 0.3) is 0 Å². The molecule has 0 amide bonds. The second-order valence-corrected chi connectivity index (χ2v) is 5.67. The minimum atomic E-state index is -4.61. The largest absolute Gasteiger partial charge is 0.477 e. The Kier molecular flexibility index (Phi) is 5.91. The highest BCUT2D eigenvalue weighted by atomic mass is 35.5. The fraction of sp³-hybridized carbons (Fsp3) is 0.188. The average molecular weight is 406 g/mol. The highest BCUT2D eigenvalue weighted by Gasteiger charge is 2.31. The molecule has 0 radical (unpaired) electrons. The lowest BCUT2D eigenvalue weighted by molar-refractivity contribution is -0.385. The van der Waals surface area contributed by atoms with Crippen LogP contribution in [0.15, 0.2) is 30.3 Å². The molecule has 0 aromatic heterocycles. The molecule has 2 aromatic rings. The number of nitro groups is 1. The summed E-state index contributed by atoms with van der Waals surface area (Å²) in [7, 11) is 0. The van der Waals surface area contributed by atoms with Crippen molar-refractivity contribution in [1.82, 2.24) is 0 Å². The SMILES string of the molecule is O=C(O)c1cc(Oc2ccc(C(F)(F)F)cc2Cl)cc(CCO)c1[N+](=O)[O-]. The van der Waals surface area contributed by atoms with E-state index in [1.807, 2.05) is 0 Å². The topological polar surface area (TPSA) is 110 Å². The lowest BCUT2D eigenvalue weighted by Crippen LogP contribution is -2.08. The van der Waals surface area contributed by atoms with E-state index in [0.29, 0.717) is 6.07 Å². The molecule has 144 valence electrons. The van der Waals surface area contributed by atoms with Crippen molar-refractivity contribution >= 4 is 23.3 Å². The lowest BCUT2D eigenvalue weighted by Gasteiger charge is -2.13. The summed E-state index contributed by atoms with van der Waals surface area (Å²) in [6, 6.07) is 4.28. The van der Waals surface area contributed by atoms with Gasteiger partial charge in [0.2, 0.25) is 0 Å². The molecule has 0 aliphatic heterocycles. The zero-order valence-corrected chi connectivity index (χ0v) is 14.0. The summed E-state index contributed by atoms with van der Waals surface area (Å²) in [5, 5.41) is 29.0. The van der Waals surface area contributed by atoms with Crippen molar-refractivity contribution < 1.29 is 37.8 Å². The number of alkyl halides is 3. The van der Waals surface area contributed by atoms with E-state index < -0.39 is 40.5 Å². The monoisotopic (exact) mass is 405 g/mol. The number of carbonyl (C=O) groups is 1. The zero-order chi connectivity index (χ0) is 20.4. The van der Waals surface area contributed by atoms with Crippen molar-refractivity contribution in [3.05, 3.63) is 62.2 Å². The van der Waals surface area contributed by atoms with Crippen molar-refractivity contribution in [2.45, 2.75) is 12.6 Å². The van der Waals surface area contributed by atoms with Crippen LogP contribution in [0.3, 0.4) is 0 Å². The summed E-state index contributed by atoms with van der Waals surface area (Å²) < 4.78 is 43.3. The predicted molar refractivity (Wildman–Crippen MR) is 87.4 cm³/mol. The van der Waals surface area contributed by atoms with Crippen molar-refractivity contribution in [3.8, 4) is 11.5 Å². The van der Waals surface area contributed by atoms with Crippen LogP contribution in [0.4, 0.5) is 18.9 Å². The highest BCUT2D eigenvalue weighted by molar-refractivity contribution is 6.32. The number of aliphatic hydroxyl groups is 1. The normalized spacial score (nSPS) is 11.3. The van der Waals surface area contributed by atoms with E-state index in [1.54, 1.807) is 0 Å². The van der Waals surface area contributed by atoms with Gasteiger partial charge < -0.3 is 14.9 Å². The predicted octanol–water partition coefficient (Wildman–Crippen LogP) is 4.29. The maximum Gasteiger partial charge on any atom is 0.416 e. The summed E-state index contributed by atoms with van der Waals surface area (Å²) in [5.41, 5.74) is -2.51. The Bertz CT molecular complexity index is 900. The molecule has 2 N–H and O–H groups in total. The van der Waals surface area contributed by atoms with Crippen LogP contribution >= 0.6 is 11.6 Å². The van der Waals surface area contributed by atoms with Crippen molar-refractivity contribution in [2.24, 2.45) is 0 Å². The Morgan fingerprint density at radius 2 is 1.93 bits per heavy atom. The van der Waals surface area contributed by atoms with E-state index in [-0.39, 0.29) is 28.5 Å². The Morgan fingerprint density at radius 3 is 2.41 bits per heavy atom. The van der Waals surface area contributed by atoms with Gasteiger partial charge in [0.15, 0.2) is 0 Å². The number of nitrogens with zero attached hydrogens (tertiary/aromatic N) is 1. The van der Waals surface area contributed by atoms with Crippen LogP contribution in [0.5, 0.6) is 11.5 Å². The van der Waals surface area contributed by atoms with E-state index in [1.165, 1.54) is 0 Å². The molecule has 2 rings (SSSR count). The van der Waals surface area contributed by atoms with Gasteiger partial charge in [-0.15, -0.1) is 0 Å². The lowest BCUT2D eigenvalue weighted by atomic mass is 10.0. The van der Waals surface area contributed by atoms with Gasteiger partial charge in [-0.25, -0.2) is 4.79 Å². The van der Waals surface area contributed by atoms with Gasteiger partial charge in [-0.3, -0.25) is 10.1 Å². The Morgan fingerprint density at radius 1 is 1.26 bits per heavy atom. The number of carboxylic acids is 1. The number of halogens is 4. The Labute approximate surface area is 154 Å². The van der Waals surface area contributed by atoms with Gasteiger partial charge in [0.25, 0.3) is 5.69 Å². The number of benzene rings is 2. The third-order valence-electron chi connectivity index (χ3n) is 3.44. The molecule has 0 aliphatic rings. The maximum atomic E-state index is 12.7. The molecule has 2 aromatic carbocycles. The Hall–Kier alpha value is -2.85. The number of hydrogen-bond donors (Lipinski definition) is 2. The summed E-state index contributed by atoms with van der Waals surface area (Å²) in [5.74, 6) is -2.00. The molecule has 0 saturated carbocycles. The van der Waals surface area contributed by atoms with E-state index in [9.17, 15) is 33.2 Å². The second-order valence-electron chi connectivity index (χ2n) is 5.26. The van der Waals surface area contributed by atoms with Crippen molar-refractivity contribution in [1.29, 1.82) is 0 Å². The molecule has 0 spiro atoms. The molecular formula is C16H11ClF3NO6. The molecule has 27 heavy (non-hydrogen) atoms. The molecule has 0 unspecified atom stereocenters. The number of hydrogen-bond acceptors (Lipinski definition) is 5. The minimum Gasteiger partial charge on any atom is -0.477 e. The van der Waals surface area contributed by atoms with Crippen LogP contribution in [0, 0.1) is 10.1 Å². The molecular weight excluding hydrogens is 395 g/mol. The van der Waals surface area contributed by atoms with E-state index >= 15 is 0 Å². The van der Waals surface area contributed by atoms with Crippen LogP contribution in [-0.4, -0.2) is 27.7 Å². The van der Waals surface area contributed by atoms with E-state index in [0.717, 1.165) is 24.3 Å². The van der Waals surface area contributed by atoms with Crippen molar-refractivity contribution in [3.63, 3.8) is 0 Å². The van der Waals surface area contributed by atoms with Gasteiger partial charge >= 0.3 is 12.1 Å². The molecule has 0 atom stereocenters. The molecule has 0 bridgehead atoms. The highest BCUT2D eigenvalue weighted by Crippen LogP contribution is 2.38. The molecule has 0 saturated heterocycles. The summed E-state index contributed by atoms with van der Waals surface area (Å²) in [6.45, 7) is -0.496. The number of rotatable bonds is 6. The first-order valence-corrected chi connectivity index (χ1v) is 7.62. The van der Waals surface area contributed by atoms with Gasteiger partial charge in [0.1, 0.15) is 17.1 Å². The maximum absolute atomic E-state index is 12.7. The van der Waals surface area contributed by atoms with E-state index in [2.05, 4.69) is 0 Å². The standard InChI is InChI=1S/C16H11ClF3NO6/c17-12-6-9(16(18,19)20)1-2-13(12)27-10-5-8(3-4-22)14(21(25)26)11(7-10)15(23)24/h1-2,5-7,22H,3-4H2,(H,23,24). The van der Waals surface area contributed by atoms with Gasteiger partial charge in [-0.05, 0) is 24.3 Å². The van der Waals surface area contributed by atoms with Gasteiger partial charge in [-0.1, -0.05) is 11.6 Å². The summed E-state index contributed by atoms with van der Waals surface area (Å²) >= 11 is 5.78. The molecule has 0 aliphatic carbocycles. The molecule has 7 nitrogen and oxygen atoms in total. The third kappa shape index (κ3) is 4.66.